The van der Waals surface area contributed by atoms with Crippen molar-refractivity contribution in [3.8, 4) is 0 Å². The summed E-state index contributed by atoms with van der Waals surface area (Å²) in [6, 6.07) is 0.293. The molecule has 0 aromatic heterocycles. The fraction of sp³-hybridized carbons (Fsp3) is 0.909. The molecule has 0 saturated carbocycles. The maximum Gasteiger partial charge on any atom is 0.320 e. The van der Waals surface area contributed by atoms with Crippen molar-refractivity contribution in [3.63, 3.8) is 0 Å². The van der Waals surface area contributed by atoms with Crippen LogP contribution in [0.4, 0.5) is 4.79 Å². The molecular formula is C11H20ClN3O. The first-order valence-electron chi connectivity index (χ1n) is 6.09. The molecule has 92 valence electrons. The summed E-state index contributed by atoms with van der Waals surface area (Å²) in [7, 11) is 0. The Morgan fingerprint density at radius 1 is 1.00 bits per heavy atom. The van der Waals surface area contributed by atoms with Crippen molar-refractivity contribution in [2.45, 2.75) is 12.8 Å². The highest BCUT2D eigenvalue weighted by atomic mass is 35.5. The second kappa shape index (κ2) is 4.80. The standard InChI is InChI=1S/C11H19N3O.ClH/c15-11(13-3-1-2-4-13)14-7-9-5-12-6-10(9)8-14;/h9-10,12H,1-8H2;1H. The molecule has 0 aromatic carbocycles. The molecule has 3 heterocycles. The van der Waals surface area contributed by atoms with Gasteiger partial charge >= 0.3 is 6.03 Å². The molecule has 0 radical (unpaired) electrons. The first-order chi connectivity index (χ1) is 7.34. The van der Waals surface area contributed by atoms with Crippen LogP contribution in [0.15, 0.2) is 0 Å². The number of carbonyl (C=O) groups excluding carboxylic acids is 1. The summed E-state index contributed by atoms with van der Waals surface area (Å²) >= 11 is 0. The molecule has 16 heavy (non-hydrogen) atoms. The Morgan fingerprint density at radius 3 is 2.12 bits per heavy atom. The number of urea groups is 1. The third-order valence-electron chi connectivity index (χ3n) is 4.04. The van der Waals surface area contributed by atoms with Crippen LogP contribution in [0.2, 0.25) is 0 Å². The van der Waals surface area contributed by atoms with E-state index in [0.29, 0.717) is 6.03 Å². The van der Waals surface area contributed by atoms with Gasteiger partial charge in [0.05, 0.1) is 0 Å². The van der Waals surface area contributed by atoms with Crippen molar-refractivity contribution in [3.05, 3.63) is 0 Å². The summed E-state index contributed by atoms with van der Waals surface area (Å²) in [6.45, 7) is 6.12. The third-order valence-corrected chi connectivity index (χ3v) is 4.04. The minimum Gasteiger partial charge on any atom is -0.325 e. The van der Waals surface area contributed by atoms with Gasteiger partial charge in [0.25, 0.3) is 0 Å². The van der Waals surface area contributed by atoms with Crippen molar-refractivity contribution in [2.24, 2.45) is 11.8 Å². The van der Waals surface area contributed by atoms with Crippen LogP contribution in [-0.4, -0.2) is 55.1 Å². The van der Waals surface area contributed by atoms with E-state index >= 15 is 0 Å². The van der Waals surface area contributed by atoms with Gasteiger partial charge in [-0.25, -0.2) is 4.79 Å². The van der Waals surface area contributed by atoms with Crippen LogP contribution in [0.5, 0.6) is 0 Å². The van der Waals surface area contributed by atoms with E-state index < -0.39 is 0 Å². The quantitative estimate of drug-likeness (QED) is 0.685. The lowest BCUT2D eigenvalue weighted by atomic mass is 10.0. The first-order valence-corrected chi connectivity index (χ1v) is 6.09. The van der Waals surface area contributed by atoms with Gasteiger partial charge in [-0.05, 0) is 24.7 Å². The Kier molecular flexibility index (Phi) is 3.60. The molecule has 2 atom stereocenters. The monoisotopic (exact) mass is 245 g/mol. The number of hydrogen-bond donors (Lipinski definition) is 1. The molecule has 0 spiro atoms. The predicted octanol–water partition coefficient (Wildman–Crippen LogP) is 0.775. The molecular weight excluding hydrogens is 226 g/mol. The SMILES string of the molecule is Cl.O=C(N1CCCC1)N1CC2CNCC2C1. The highest BCUT2D eigenvalue weighted by Crippen LogP contribution is 2.27. The van der Waals surface area contributed by atoms with E-state index in [1.807, 2.05) is 4.90 Å². The van der Waals surface area contributed by atoms with Gasteiger partial charge in [-0.15, -0.1) is 12.4 Å². The van der Waals surface area contributed by atoms with Crippen LogP contribution >= 0.6 is 12.4 Å². The molecule has 3 aliphatic heterocycles. The predicted molar refractivity (Wildman–Crippen MR) is 64.9 cm³/mol. The smallest absolute Gasteiger partial charge is 0.320 e. The van der Waals surface area contributed by atoms with Gasteiger partial charge in [-0.1, -0.05) is 0 Å². The van der Waals surface area contributed by atoms with E-state index in [-0.39, 0.29) is 12.4 Å². The van der Waals surface area contributed by atoms with Crippen molar-refractivity contribution in [1.82, 2.24) is 15.1 Å². The summed E-state index contributed by atoms with van der Waals surface area (Å²) in [5, 5.41) is 3.40. The number of halogens is 1. The maximum atomic E-state index is 12.1. The number of amides is 2. The summed E-state index contributed by atoms with van der Waals surface area (Å²) in [4.78, 5) is 16.2. The van der Waals surface area contributed by atoms with E-state index in [9.17, 15) is 4.79 Å². The molecule has 3 fully saturated rings. The van der Waals surface area contributed by atoms with E-state index in [4.69, 9.17) is 0 Å². The van der Waals surface area contributed by atoms with Crippen LogP contribution in [0, 0.1) is 11.8 Å². The van der Waals surface area contributed by atoms with Crippen molar-refractivity contribution in [1.29, 1.82) is 0 Å². The Bertz CT molecular complexity index is 256. The Morgan fingerprint density at radius 2 is 1.56 bits per heavy atom. The third kappa shape index (κ3) is 2.00. The molecule has 4 nitrogen and oxygen atoms in total. The average Bonchev–Trinajstić information content (AvgIpc) is 2.92. The first kappa shape index (κ1) is 12.0. The zero-order valence-electron chi connectivity index (χ0n) is 9.52. The van der Waals surface area contributed by atoms with Crippen LogP contribution in [0.3, 0.4) is 0 Å². The minimum atomic E-state index is 0. The average molecular weight is 246 g/mol. The minimum absolute atomic E-state index is 0. The molecule has 3 aliphatic rings. The van der Waals surface area contributed by atoms with Crippen LogP contribution in [-0.2, 0) is 0 Å². The number of fused-ring (bicyclic) bond motifs is 1. The van der Waals surface area contributed by atoms with Crippen LogP contribution in [0.1, 0.15) is 12.8 Å². The largest absolute Gasteiger partial charge is 0.325 e. The zero-order valence-corrected chi connectivity index (χ0v) is 10.3. The molecule has 3 saturated heterocycles. The number of likely N-dealkylation sites (tertiary alicyclic amines) is 2. The second-order valence-electron chi connectivity index (χ2n) is 5.06. The lowest BCUT2D eigenvalue weighted by Gasteiger charge is -2.24. The fourth-order valence-electron chi connectivity index (χ4n) is 3.12. The van der Waals surface area contributed by atoms with Crippen LogP contribution in [0.25, 0.3) is 0 Å². The highest BCUT2D eigenvalue weighted by molar-refractivity contribution is 5.85. The van der Waals surface area contributed by atoms with Gasteiger partial charge in [0.15, 0.2) is 0 Å². The topological polar surface area (TPSA) is 35.6 Å². The lowest BCUT2D eigenvalue weighted by Crippen LogP contribution is -2.41. The molecule has 2 unspecified atom stereocenters. The molecule has 0 aromatic rings. The van der Waals surface area contributed by atoms with Gasteiger partial charge in [0.1, 0.15) is 0 Å². The van der Waals surface area contributed by atoms with Gasteiger partial charge in [-0.3, -0.25) is 0 Å². The van der Waals surface area contributed by atoms with Gasteiger partial charge in [-0.2, -0.15) is 0 Å². The maximum absolute atomic E-state index is 12.1. The molecule has 2 amide bonds. The number of rotatable bonds is 0. The summed E-state index contributed by atoms with van der Waals surface area (Å²) < 4.78 is 0. The summed E-state index contributed by atoms with van der Waals surface area (Å²) in [5.74, 6) is 1.44. The second-order valence-corrected chi connectivity index (χ2v) is 5.06. The van der Waals surface area contributed by atoms with E-state index in [2.05, 4.69) is 10.2 Å². The number of nitrogens with one attached hydrogen (secondary N) is 1. The summed E-state index contributed by atoms with van der Waals surface area (Å²) in [6.07, 6.45) is 2.38. The van der Waals surface area contributed by atoms with E-state index in [1.165, 1.54) is 12.8 Å². The number of nitrogens with zero attached hydrogens (tertiary/aromatic N) is 2. The highest BCUT2D eigenvalue weighted by Gasteiger charge is 2.39. The molecule has 1 N–H and O–H groups in total. The normalized spacial score (nSPS) is 32.8. The Labute approximate surface area is 103 Å². The van der Waals surface area contributed by atoms with Gasteiger partial charge in [0.2, 0.25) is 0 Å². The fourth-order valence-corrected chi connectivity index (χ4v) is 3.12. The summed E-state index contributed by atoms with van der Waals surface area (Å²) in [5.41, 5.74) is 0. The Balaban J connectivity index is 0.000000963. The van der Waals surface area contributed by atoms with Crippen molar-refractivity contribution < 1.29 is 4.79 Å². The molecule has 5 heteroatoms. The number of hydrogen-bond acceptors (Lipinski definition) is 2. The van der Waals surface area contributed by atoms with Crippen LogP contribution < -0.4 is 5.32 Å². The van der Waals surface area contributed by atoms with Gasteiger partial charge in [0, 0.05) is 39.3 Å². The molecule has 0 bridgehead atoms. The van der Waals surface area contributed by atoms with Gasteiger partial charge < -0.3 is 15.1 Å². The van der Waals surface area contributed by atoms with E-state index in [0.717, 1.165) is 51.1 Å². The Hall–Kier alpha value is -0.480. The van der Waals surface area contributed by atoms with Crippen molar-refractivity contribution >= 4 is 18.4 Å². The number of carbonyl (C=O) groups is 1. The zero-order chi connectivity index (χ0) is 10.3. The van der Waals surface area contributed by atoms with E-state index in [1.54, 1.807) is 0 Å². The molecule has 0 aliphatic carbocycles. The van der Waals surface area contributed by atoms with Crippen molar-refractivity contribution in [2.75, 3.05) is 39.3 Å². The lowest BCUT2D eigenvalue weighted by molar-refractivity contribution is 0.169. The molecule has 3 rings (SSSR count).